The summed E-state index contributed by atoms with van der Waals surface area (Å²) >= 11 is 0. The zero-order valence-corrected chi connectivity index (χ0v) is 14.6. The Morgan fingerprint density at radius 1 is 1.08 bits per heavy atom. The van der Waals surface area contributed by atoms with Gasteiger partial charge in [-0.15, -0.1) is 0 Å². The minimum Gasteiger partial charge on any atom is -0.508 e. The molecule has 2 aromatic rings. The lowest BCUT2D eigenvalue weighted by Crippen LogP contribution is -1.96. The van der Waals surface area contributed by atoms with E-state index in [0.717, 1.165) is 5.57 Å². The number of phenols is 2. The van der Waals surface area contributed by atoms with Crippen LogP contribution in [0.15, 0.2) is 54.1 Å². The molecule has 2 rings (SSSR count). The first kappa shape index (κ1) is 18.3. The second-order valence-electron chi connectivity index (χ2n) is 5.96. The Bertz CT molecular complexity index is 828. The molecule has 2 N–H and O–H groups in total. The SMILES string of the molecule is COc1ccc(/C=C/C(=O)c2ccc(O)c(CC=C(C)C)c2)cc1O. The molecule has 25 heavy (non-hydrogen) atoms. The van der Waals surface area contributed by atoms with E-state index in [2.05, 4.69) is 0 Å². The fraction of sp³-hybridized carbons (Fsp3) is 0.190. The van der Waals surface area contributed by atoms with Gasteiger partial charge in [-0.1, -0.05) is 23.8 Å². The van der Waals surface area contributed by atoms with Crippen LogP contribution in [-0.4, -0.2) is 23.1 Å². The molecular weight excluding hydrogens is 316 g/mol. The standard InChI is InChI=1S/C21H22O4/c1-14(2)4-7-16-13-17(8-10-19(16)23)18(22)9-5-15-6-11-21(25-3)20(24)12-15/h4-6,8-13,23-24H,7H2,1-3H3/b9-5+. The second kappa shape index (κ2) is 8.20. The molecule has 0 saturated carbocycles. The fourth-order valence-corrected chi connectivity index (χ4v) is 2.30. The summed E-state index contributed by atoms with van der Waals surface area (Å²) in [6.07, 6.45) is 5.65. The van der Waals surface area contributed by atoms with E-state index in [1.807, 2.05) is 19.9 Å². The van der Waals surface area contributed by atoms with Gasteiger partial charge in [0.25, 0.3) is 0 Å². The summed E-state index contributed by atoms with van der Waals surface area (Å²) in [5.74, 6) is 0.406. The van der Waals surface area contributed by atoms with Gasteiger partial charge in [-0.3, -0.25) is 4.79 Å². The maximum Gasteiger partial charge on any atom is 0.185 e. The number of carbonyl (C=O) groups excluding carboxylic acids is 1. The van der Waals surface area contributed by atoms with Crippen molar-refractivity contribution in [1.29, 1.82) is 0 Å². The van der Waals surface area contributed by atoms with Crippen molar-refractivity contribution in [3.8, 4) is 17.2 Å². The van der Waals surface area contributed by atoms with E-state index >= 15 is 0 Å². The first-order chi connectivity index (χ1) is 11.9. The number of carbonyl (C=O) groups is 1. The van der Waals surface area contributed by atoms with Crippen molar-refractivity contribution in [2.45, 2.75) is 20.3 Å². The summed E-state index contributed by atoms with van der Waals surface area (Å²) in [5, 5.41) is 19.7. The van der Waals surface area contributed by atoms with Gasteiger partial charge in [0, 0.05) is 5.56 Å². The maximum atomic E-state index is 12.4. The summed E-state index contributed by atoms with van der Waals surface area (Å²) in [4.78, 5) is 12.4. The number of phenolic OH excluding ortho intramolecular Hbond substituents is 2. The molecule has 2 aromatic carbocycles. The van der Waals surface area contributed by atoms with Gasteiger partial charge in [-0.2, -0.15) is 0 Å². The van der Waals surface area contributed by atoms with Crippen LogP contribution in [0.4, 0.5) is 0 Å². The lowest BCUT2D eigenvalue weighted by atomic mass is 10.0. The van der Waals surface area contributed by atoms with E-state index in [0.29, 0.717) is 28.9 Å². The highest BCUT2D eigenvalue weighted by Crippen LogP contribution is 2.27. The monoisotopic (exact) mass is 338 g/mol. The number of allylic oxidation sites excluding steroid dienone is 3. The fourth-order valence-electron chi connectivity index (χ4n) is 2.30. The second-order valence-corrected chi connectivity index (χ2v) is 5.96. The largest absolute Gasteiger partial charge is 0.508 e. The number of hydrogen-bond donors (Lipinski definition) is 2. The van der Waals surface area contributed by atoms with Gasteiger partial charge in [0.2, 0.25) is 0 Å². The molecule has 0 aliphatic heterocycles. The van der Waals surface area contributed by atoms with Crippen molar-refractivity contribution in [2.24, 2.45) is 0 Å². The van der Waals surface area contributed by atoms with Crippen molar-refractivity contribution in [1.82, 2.24) is 0 Å². The topological polar surface area (TPSA) is 66.8 Å². The van der Waals surface area contributed by atoms with Crippen LogP contribution in [0.5, 0.6) is 17.2 Å². The highest BCUT2D eigenvalue weighted by Gasteiger charge is 2.07. The minimum atomic E-state index is -0.172. The Morgan fingerprint density at radius 3 is 2.48 bits per heavy atom. The summed E-state index contributed by atoms with van der Waals surface area (Å²) in [6, 6.07) is 9.75. The molecule has 0 amide bonds. The van der Waals surface area contributed by atoms with E-state index in [1.165, 1.54) is 25.3 Å². The summed E-state index contributed by atoms with van der Waals surface area (Å²) in [6.45, 7) is 3.97. The average molecular weight is 338 g/mol. The molecule has 0 fully saturated rings. The van der Waals surface area contributed by atoms with Crippen molar-refractivity contribution in [2.75, 3.05) is 7.11 Å². The molecular formula is C21H22O4. The molecule has 0 aromatic heterocycles. The third-order valence-corrected chi connectivity index (χ3v) is 3.72. The molecule has 0 bridgehead atoms. The number of ether oxygens (including phenoxy) is 1. The van der Waals surface area contributed by atoms with Crippen molar-refractivity contribution < 1.29 is 19.7 Å². The normalized spacial score (nSPS) is 10.7. The Kier molecular flexibility index (Phi) is 6.01. The van der Waals surface area contributed by atoms with Crippen LogP contribution in [0, 0.1) is 0 Å². The average Bonchev–Trinajstić information content (AvgIpc) is 2.59. The summed E-state index contributed by atoms with van der Waals surface area (Å²) in [5.41, 5.74) is 3.05. The van der Waals surface area contributed by atoms with Crippen LogP contribution in [0.25, 0.3) is 6.08 Å². The Hall–Kier alpha value is -3.01. The number of aromatic hydroxyl groups is 2. The van der Waals surface area contributed by atoms with Crippen molar-refractivity contribution in [3.63, 3.8) is 0 Å². The van der Waals surface area contributed by atoms with Crippen molar-refractivity contribution in [3.05, 3.63) is 70.8 Å². The first-order valence-electron chi connectivity index (χ1n) is 7.95. The predicted molar refractivity (Wildman–Crippen MR) is 99.3 cm³/mol. The predicted octanol–water partition coefficient (Wildman–Crippen LogP) is 4.51. The molecule has 0 atom stereocenters. The Morgan fingerprint density at radius 2 is 1.84 bits per heavy atom. The summed E-state index contributed by atoms with van der Waals surface area (Å²) in [7, 11) is 1.48. The van der Waals surface area contributed by atoms with Crippen LogP contribution in [0.2, 0.25) is 0 Å². The molecule has 130 valence electrons. The molecule has 0 unspecified atom stereocenters. The zero-order chi connectivity index (χ0) is 18.4. The smallest absolute Gasteiger partial charge is 0.185 e. The van der Waals surface area contributed by atoms with Crippen LogP contribution in [0.3, 0.4) is 0 Å². The molecule has 0 heterocycles. The van der Waals surface area contributed by atoms with Crippen LogP contribution >= 0.6 is 0 Å². The first-order valence-corrected chi connectivity index (χ1v) is 7.95. The molecule has 0 saturated heterocycles. The molecule has 0 aliphatic carbocycles. The van der Waals surface area contributed by atoms with Gasteiger partial charge in [-0.05, 0) is 67.8 Å². The number of rotatable bonds is 6. The van der Waals surface area contributed by atoms with E-state index in [9.17, 15) is 15.0 Å². The zero-order valence-electron chi connectivity index (χ0n) is 14.6. The molecule has 4 nitrogen and oxygen atoms in total. The van der Waals surface area contributed by atoms with Crippen molar-refractivity contribution >= 4 is 11.9 Å². The quantitative estimate of drug-likeness (QED) is 0.462. The van der Waals surface area contributed by atoms with Gasteiger partial charge in [0.15, 0.2) is 17.3 Å². The van der Waals surface area contributed by atoms with E-state index in [-0.39, 0.29) is 17.3 Å². The van der Waals surface area contributed by atoms with Gasteiger partial charge in [0.1, 0.15) is 5.75 Å². The lowest BCUT2D eigenvalue weighted by molar-refractivity contribution is 0.104. The van der Waals surface area contributed by atoms with Gasteiger partial charge < -0.3 is 14.9 Å². The summed E-state index contributed by atoms with van der Waals surface area (Å²) < 4.78 is 4.99. The molecule has 0 aliphatic rings. The van der Waals surface area contributed by atoms with Crippen LogP contribution in [0.1, 0.15) is 35.3 Å². The van der Waals surface area contributed by atoms with E-state index in [4.69, 9.17) is 4.74 Å². The number of methoxy groups -OCH3 is 1. The highest BCUT2D eigenvalue weighted by atomic mass is 16.5. The van der Waals surface area contributed by atoms with E-state index in [1.54, 1.807) is 30.3 Å². The number of ketones is 1. The lowest BCUT2D eigenvalue weighted by Gasteiger charge is -2.05. The molecule has 0 radical (unpaired) electrons. The van der Waals surface area contributed by atoms with E-state index < -0.39 is 0 Å². The van der Waals surface area contributed by atoms with Crippen LogP contribution in [-0.2, 0) is 6.42 Å². The molecule has 0 spiro atoms. The Labute approximate surface area is 147 Å². The molecule has 4 heteroatoms. The maximum absolute atomic E-state index is 12.4. The van der Waals surface area contributed by atoms with Gasteiger partial charge in [-0.25, -0.2) is 0 Å². The third-order valence-electron chi connectivity index (χ3n) is 3.72. The third kappa shape index (κ3) is 4.98. The Balaban J connectivity index is 2.19. The number of benzene rings is 2. The van der Waals surface area contributed by atoms with Gasteiger partial charge >= 0.3 is 0 Å². The number of hydrogen-bond acceptors (Lipinski definition) is 4. The van der Waals surface area contributed by atoms with Crippen LogP contribution < -0.4 is 4.74 Å². The highest BCUT2D eigenvalue weighted by molar-refractivity contribution is 6.07. The van der Waals surface area contributed by atoms with Gasteiger partial charge in [0.05, 0.1) is 7.11 Å². The minimum absolute atomic E-state index is 0.0192.